The second kappa shape index (κ2) is 8.65. The highest BCUT2D eigenvalue weighted by atomic mass is 32.2. The molecule has 7 nitrogen and oxygen atoms in total. The van der Waals surface area contributed by atoms with Gasteiger partial charge in [-0.1, -0.05) is 11.8 Å². The monoisotopic (exact) mass is 392 g/mol. The van der Waals surface area contributed by atoms with Gasteiger partial charge in [-0.3, -0.25) is 19.0 Å². The van der Waals surface area contributed by atoms with Gasteiger partial charge in [-0.05, 0) is 50.5 Å². The van der Waals surface area contributed by atoms with Gasteiger partial charge in [0, 0.05) is 40.7 Å². The molecule has 1 saturated carbocycles. The second-order valence-corrected chi connectivity index (χ2v) is 9.03. The van der Waals surface area contributed by atoms with Crippen molar-refractivity contribution in [1.29, 1.82) is 0 Å². The zero-order chi connectivity index (χ0) is 20.2. The summed E-state index contributed by atoms with van der Waals surface area (Å²) < 4.78 is 10.9. The SMILES string of the molecule is CS(=O)C(C)(C)[C@H](NC(=O)c1ccc(C#CC2CC2CO)cc1)C(=O)NO. The molecular weight excluding hydrogens is 368 g/mol. The van der Waals surface area contributed by atoms with Crippen LogP contribution >= 0.6 is 0 Å². The van der Waals surface area contributed by atoms with Gasteiger partial charge in [0.25, 0.3) is 11.8 Å². The van der Waals surface area contributed by atoms with E-state index in [1.165, 1.54) is 11.7 Å². The van der Waals surface area contributed by atoms with Gasteiger partial charge >= 0.3 is 0 Å². The van der Waals surface area contributed by atoms with Gasteiger partial charge in [-0.25, -0.2) is 5.48 Å². The maximum atomic E-state index is 12.5. The molecule has 27 heavy (non-hydrogen) atoms. The van der Waals surface area contributed by atoms with Gasteiger partial charge in [-0.2, -0.15) is 0 Å². The topological polar surface area (TPSA) is 116 Å². The lowest BCUT2D eigenvalue weighted by molar-refractivity contribution is -0.131. The Hall–Kier alpha value is -2.21. The quantitative estimate of drug-likeness (QED) is 0.318. The van der Waals surface area contributed by atoms with Gasteiger partial charge in [0.05, 0.1) is 4.75 Å². The number of nitrogens with one attached hydrogen (secondary N) is 2. The number of aliphatic hydroxyl groups excluding tert-OH is 1. The largest absolute Gasteiger partial charge is 0.396 e. The minimum absolute atomic E-state index is 0.153. The summed E-state index contributed by atoms with van der Waals surface area (Å²) in [4.78, 5) is 24.4. The van der Waals surface area contributed by atoms with Crippen molar-refractivity contribution in [2.45, 2.75) is 31.1 Å². The molecule has 3 unspecified atom stereocenters. The third-order valence-corrected chi connectivity index (χ3v) is 6.51. The van der Waals surface area contributed by atoms with Gasteiger partial charge in [0.15, 0.2) is 0 Å². The number of benzene rings is 1. The molecule has 2 rings (SSSR count). The fourth-order valence-corrected chi connectivity index (χ4v) is 3.01. The molecule has 0 aromatic heterocycles. The van der Waals surface area contributed by atoms with E-state index in [1.54, 1.807) is 38.1 Å². The van der Waals surface area contributed by atoms with E-state index in [-0.39, 0.29) is 18.4 Å². The number of rotatable bonds is 6. The summed E-state index contributed by atoms with van der Waals surface area (Å²) in [5.74, 6) is 5.23. The van der Waals surface area contributed by atoms with Crippen molar-refractivity contribution in [3.8, 4) is 11.8 Å². The molecular formula is C19H24N2O5S. The Balaban J connectivity index is 2.09. The van der Waals surface area contributed by atoms with E-state index in [2.05, 4.69) is 17.2 Å². The minimum Gasteiger partial charge on any atom is -0.396 e. The molecule has 1 aliphatic rings. The van der Waals surface area contributed by atoms with Gasteiger partial charge in [0.1, 0.15) is 6.04 Å². The molecule has 1 aromatic carbocycles. The molecule has 146 valence electrons. The summed E-state index contributed by atoms with van der Waals surface area (Å²) in [6.07, 6.45) is 2.34. The van der Waals surface area contributed by atoms with E-state index in [9.17, 15) is 13.8 Å². The van der Waals surface area contributed by atoms with Gasteiger partial charge in [-0.15, -0.1) is 0 Å². The first-order valence-electron chi connectivity index (χ1n) is 8.51. The third-order valence-electron chi connectivity index (χ3n) is 4.79. The van der Waals surface area contributed by atoms with Gasteiger partial charge in [0.2, 0.25) is 0 Å². The summed E-state index contributed by atoms with van der Waals surface area (Å²) in [5.41, 5.74) is 2.57. The van der Waals surface area contributed by atoms with E-state index in [4.69, 9.17) is 10.3 Å². The zero-order valence-corrected chi connectivity index (χ0v) is 16.3. The van der Waals surface area contributed by atoms with Crippen LogP contribution in [-0.2, 0) is 15.6 Å². The number of aliphatic hydroxyl groups is 1. The smallest absolute Gasteiger partial charge is 0.267 e. The summed E-state index contributed by atoms with van der Waals surface area (Å²) in [6.45, 7) is 3.29. The van der Waals surface area contributed by atoms with Crippen molar-refractivity contribution >= 4 is 22.6 Å². The van der Waals surface area contributed by atoms with Crippen LogP contribution in [0.4, 0.5) is 0 Å². The number of carbonyl (C=O) groups is 2. The molecule has 0 bridgehead atoms. The number of amides is 2. The van der Waals surface area contributed by atoms with Crippen LogP contribution < -0.4 is 10.8 Å². The Bertz CT molecular complexity index is 795. The maximum Gasteiger partial charge on any atom is 0.267 e. The van der Waals surface area contributed by atoms with Crippen LogP contribution in [-0.4, -0.2) is 50.0 Å². The Labute approximate surface area is 161 Å². The Morgan fingerprint density at radius 3 is 2.44 bits per heavy atom. The number of hydrogen-bond donors (Lipinski definition) is 4. The predicted molar refractivity (Wildman–Crippen MR) is 101 cm³/mol. The van der Waals surface area contributed by atoms with Crippen molar-refractivity contribution in [1.82, 2.24) is 10.8 Å². The van der Waals surface area contributed by atoms with Crippen LogP contribution in [0.15, 0.2) is 24.3 Å². The minimum atomic E-state index is -1.43. The average molecular weight is 392 g/mol. The van der Waals surface area contributed by atoms with Crippen molar-refractivity contribution < 1.29 is 24.1 Å². The normalized spacial score (nSPS) is 20.6. The Morgan fingerprint density at radius 2 is 1.96 bits per heavy atom. The third kappa shape index (κ3) is 5.16. The lowest BCUT2D eigenvalue weighted by Gasteiger charge is -2.31. The highest BCUT2D eigenvalue weighted by Crippen LogP contribution is 2.36. The molecule has 1 aliphatic carbocycles. The van der Waals surface area contributed by atoms with Crippen molar-refractivity contribution in [2.24, 2.45) is 11.8 Å². The molecule has 1 fully saturated rings. The highest BCUT2D eigenvalue weighted by molar-refractivity contribution is 7.85. The number of hydroxylamine groups is 1. The van der Waals surface area contributed by atoms with E-state index in [0.29, 0.717) is 5.56 Å². The molecule has 0 spiro atoms. The summed E-state index contributed by atoms with van der Waals surface area (Å²) in [7, 11) is -1.43. The first-order chi connectivity index (χ1) is 12.7. The first-order valence-corrected chi connectivity index (χ1v) is 10.1. The van der Waals surface area contributed by atoms with Crippen LogP contribution in [0.5, 0.6) is 0 Å². The maximum absolute atomic E-state index is 12.5. The first kappa shape index (κ1) is 21.1. The molecule has 2 amide bonds. The molecule has 1 aromatic rings. The van der Waals surface area contributed by atoms with E-state index in [0.717, 1.165) is 12.0 Å². The lowest BCUT2D eigenvalue weighted by atomic mass is 10.0. The fraction of sp³-hybridized carbons (Fsp3) is 0.474. The molecule has 0 aliphatic heterocycles. The molecule has 0 radical (unpaired) electrons. The standard InChI is InChI=1S/C19H24N2O5S/c1-19(2,27(3)26)16(18(24)21-25)20-17(23)13-7-4-12(5-8-13)6-9-14-10-15(14)11-22/h4-5,7-8,14-16,22,25H,10-11H2,1-3H3,(H,20,23)(H,21,24)/t14?,15?,16-,27?/m1/s1. The average Bonchev–Trinajstić information content (AvgIpc) is 3.42. The van der Waals surface area contributed by atoms with Crippen LogP contribution in [0.3, 0.4) is 0 Å². The molecule has 4 N–H and O–H groups in total. The fourth-order valence-electron chi connectivity index (χ4n) is 2.51. The van der Waals surface area contributed by atoms with Crippen molar-refractivity contribution in [3.05, 3.63) is 35.4 Å². The predicted octanol–water partition coefficient (Wildman–Crippen LogP) is 0.427. The Kier molecular flexibility index (Phi) is 6.76. The summed E-state index contributed by atoms with van der Waals surface area (Å²) in [5, 5.41) is 20.5. The van der Waals surface area contributed by atoms with Gasteiger partial charge < -0.3 is 10.4 Å². The Morgan fingerprint density at radius 1 is 1.33 bits per heavy atom. The van der Waals surface area contributed by atoms with Crippen LogP contribution in [0.1, 0.15) is 36.2 Å². The summed E-state index contributed by atoms with van der Waals surface area (Å²) in [6, 6.07) is 5.38. The lowest BCUT2D eigenvalue weighted by Crippen LogP contribution is -2.58. The van der Waals surface area contributed by atoms with E-state index >= 15 is 0 Å². The molecule has 0 saturated heterocycles. The van der Waals surface area contributed by atoms with Crippen LogP contribution in [0, 0.1) is 23.7 Å². The number of hydrogen-bond acceptors (Lipinski definition) is 5. The van der Waals surface area contributed by atoms with Crippen molar-refractivity contribution in [2.75, 3.05) is 12.9 Å². The zero-order valence-electron chi connectivity index (χ0n) is 15.5. The van der Waals surface area contributed by atoms with E-state index < -0.39 is 33.4 Å². The molecule has 8 heteroatoms. The van der Waals surface area contributed by atoms with Crippen LogP contribution in [0.25, 0.3) is 0 Å². The molecule has 4 atom stereocenters. The van der Waals surface area contributed by atoms with Crippen molar-refractivity contribution in [3.63, 3.8) is 0 Å². The number of carbonyl (C=O) groups excluding carboxylic acids is 2. The van der Waals surface area contributed by atoms with E-state index in [1.807, 2.05) is 0 Å². The molecule has 0 heterocycles. The summed E-state index contributed by atoms with van der Waals surface area (Å²) >= 11 is 0. The second-order valence-electron chi connectivity index (χ2n) is 7.07. The highest BCUT2D eigenvalue weighted by Gasteiger charge is 2.40. The van der Waals surface area contributed by atoms with Crippen LogP contribution in [0.2, 0.25) is 0 Å².